The highest BCUT2D eigenvalue weighted by Gasteiger charge is 2.20. The molecule has 37 heavy (non-hydrogen) atoms. The van der Waals surface area contributed by atoms with E-state index in [0.717, 1.165) is 37.1 Å². The summed E-state index contributed by atoms with van der Waals surface area (Å²) in [6.07, 6.45) is 3.66. The fourth-order valence-corrected chi connectivity index (χ4v) is 4.56. The van der Waals surface area contributed by atoms with E-state index in [0.29, 0.717) is 45.0 Å². The van der Waals surface area contributed by atoms with Gasteiger partial charge in [-0.2, -0.15) is 5.26 Å². The number of hydrogen-bond donors (Lipinski definition) is 1. The molecule has 8 heteroatoms. The summed E-state index contributed by atoms with van der Waals surface area (Å²) in [7, 11) is 4.98. The highest BCUT2D eigenvalue weighted by Crippen LogP contribution is 2.38. The van der Waals surface area contributed by atoms with Crippen molar-refractivity contribution < 1.29 is 18.7 Å². The summed E-state index contributed by atoms with van der Waals surface area (Å²) in [5.74, 6) is 1.58. The van der Waals surface area contributed by atoms with Crippen LogP contribution >= 0.6 is 0 Å². The molecule has 0 aliphatic carbocycles. The molecule has 8 nitrogen and oxygen atoms in total. The molecule has 1 aliphatic heterocycles. The van der Waals surface area contributed by atoms with Crippen molar-refractivity contribution in [2.24, 2.45) is 0 Å². The number of benzene rings is 2. The normalized spacial score (nSPS) is 13.8. The van der Waals surface area contributed by atoms with E-state index in [2.05, 4.69) is 16.4 Å². The van der Waals surface area contributed by atoms with E-state index in [-0.39, 0.29) is 12.0 Å². The molecule has 2 aromatic carbocycles. The summed E-state index contributed by atoms with van der Waals surface area (Å²) in [4.78, 5) is 18.4. The Kier molecular flexibility index (Phi) is 6.80. The molecule has 1 N–H and O–H groups in total. The monoisotopic (exact) mass is 496 g/mol. The molecule has 0 atom stereocenters. The van der Waals surface area contributed by atoms with Crippen molar-refractivity contribution in [1.82, 2.24) is 15.2 Å². The molecule has 1 aliphatic rings. The van der Waals surface area contributed by atoms with Crippen LogP contribution in [0.3, 0.4) is 0 Å². The quantitative estimate of drug-likeness (QED) is 0.406. The summed E-state index contributed by atoms with van der Waals surface area (Å²) < 4.78 is 18.0. The lowest BCUT2D eigenvalue weighted by atomic mass is 10.0. The number of ether oxygens (including phenoxy) is 2. The molecule has 5 rings (SSSR count). The van der Waals surface area contributed by atoms with Crippen molar-refractivity contribution in [3.63, 3.8) is 0 Å². The zero-order valence-corrected chi connectivity index (χ0v) is 21.1. The standard InChI is InChI=1S/C29H28N4O4/c1-33(2)29(34)19-4-6-23(26(15-19)35-3)27-16-24-28(37-27)22(10-13-32-24)18-5-7-25(20(14-18)17-30)36-21-8-11-31-12-9-21/h4-7,10,13-16,21,31H,8-9,11-12H2,1-3H3. The number of fused-ring (bicyclic) bond motifs is 1. The molecule has 1 fully saturated rings. The van der Waals surface area contributed by atoms with Crippen molar-refractivity contribution in [3.8, 4) is 40.0 Å². The number of nitriles is 1. The molecule has 2 aromatic heterocycles. The maximum absolute atomic E-state index is 12.4. The smallest absolute Gasteiger partial charge is 0.253 e. The third-order valence-electron chi connectivity index (χ3n) is 6.52. The van der Waals surface area contributed by atoms with Crippen LogP contribution in [0.15, 0.2) is 59.1 Å². The third-order valence-corrected chi connectivity index (χ3v) is 6.52. The van der Waals surface area contributed by atoms with E-state index in [4.69, 9.17) is 13.9 Å². The summed E-state index contributed by atoms with van der Waals surface area (Å²) in [5, 5.41) is 13.1. The Morgan fingerprint density at radius 1 is 1.08 bits per heavy atom. The Balaban J connectivity index is 1.51. The molecule has 0 unspecified atom stereocenters. The second-order valence-corrected chi connectivity index (χ2v) is 9.19. The summed E-state index contributed by atoms with van der Waals surface area (Å²) >= 11 is 0. The molecule has 0 spiro atoms. The Morgan fingerprint density at radius 2 is 1.89 bits per heavy atom. The number of carbonyl (C=O) groups is 1. The van der Waals surface area contributed by atoms with Crippen LogP contribution in [0.5, 0.6) is 11.5 Å². The second kappa shape index (κ2) is 10.3. The number of nitrogens with zero attached hydrogens (tertiary/aromatic N) is 3. The topological polar surface area (TPSA) is 101 Å². The molecule has 4 aromatic rings. The minimum absolute atomic E-state index is 0.105. The van der Waals surface area contributed by atoms with E-state index in [1.54, 1.807) is 39.5 Å². The Hall–Kier alpha value is -4.35. The van der Waals surface area contributed by atoms with Crippen molar-refractivity contribution in [2.75, 3.05) is 34.3 Å². The van der Waals surface area contributed by atoms with Gasteiger partial charge in [-0.1, -0.05) is 6.07 Å². The number of aromatic nitrogens is 1. The van der Waals surface area contributed by atoms with Crippen LogP contribution in [0.2, 0.25) is 0 Å². The number of carbonyl (C=O) groups excluding carboxylic acids is 1. The third kappa shape index (κ3) is 4.86. The number of amides is 1. The Bertz CT molecular complexity index is 1500. The van der Waals surface area contributed by atoms with Crippen LogP contribution < -0.4 is 14.8 Å². The van der Waals surface area contributed by atoms with Gasteiger partial charge < -0.3 is 24.1 Å². The highest BCUT2D eigenvalue weighted by atomic mass is 16.5. The number of hydrogen-bond acceptors (Lipinski definition) is 7. The number of rotatable bonds is 6. The SMILES string of the molecule is COc1cc(C(=O)N(C)C)ccc1-c1cc2nccc(-c3ccc(OC4CCNCC4)c(C#N)c3)c2o1. The van der Waals surface area contributed by atoms with Gasteiger partial charge in [-0.15, -0.1) is 0 Å². The molecular weight excluding hydrogens is 468 g/mol. The predicted octanol–water partition coefficient (Wildman–Crippen LogP) is 4.87. The molecule has 1 saturated heterocycles. The zero-order valence-electron chi connectivity index (χ0n) is 21.1. The fourth-order valence-electron chi connectivity index (χ4n) is 4.56. The van der Waals surface area contributed by atoms with Gasteiger partial charge in [-0.05, 0) is 67.9 Å². The van der Waals surface area contributed by atoms with Gasteiger partial charge in [0.15, 0.2) is 5.58 Å². The molecule has 0 bridgehead atoms. The van der Waals surface area contributed by atoms with E-state index in [1.807, 2.05) is 36.4 Å². The minimum atomic E-state index is -0.112. The lowest BCUT2D eigenvalue weighted by Crippen LogP contribution is -2.34. The first kappa shape index (κ1) is 24.3. The summed E-state index contributed by atoms with van der Waals surface area (Å²) in [6, 6.07) is 16.9. The van der Waals surface area contributed by atoms with E-state index in [1.165, 1.54) is 4.90 Å². The molecule has 3 heterocycles. The molecule has 1 amide bonds. The van der Waals surface area contributed by atoms with Crippen molar-refractivity contribution in [3.05, 3.63) is 65.9 Å². The number of furan rings is 1. The first-order chi connectivity index (χ1) is 18.0. The van der Waals surface area contributed by atoms with Gasteiger partial charge in [0.05, 0.1) is 18.2 Å². The van der Waals surface area contributed by atoms with Crippen LogP contribution in [0, 0.1) is 11.3 Å². The van der Waals surface area contributed by atoms with Crippen molar-refractivity contribution in [1.29, 1.82) is 5.26 Å². The second-order valence-electron chi connectivity index (χ2n) is 9.19. The maximum atomic E-state index is 12.4. The Morgan fingerprint density at radius 3 is 2.62 bits per heavy atom. The number of nitrogens with one attached hydrogen (secondary N) is 1. The van der Waals surface area contributed by atoms with Crippen molar-refractivity contribution >= 4 is 17.0 Å². The van der Waals surface area contributed by atoms with Gasteiger partial charge >= 0.3 is 0 Å². The van der Waals surface area contributed by atoms with Crippen LogP contribution in [-0.4, -0.2) is 56.2 Å². The van der Waals surface area contributed by atoms with Gasteiger partial charge in [0.25, 0.3) is 5.91 Å². The van der Waals surface area contributed by atoms with Gasteiger partial charge in [-0.3, -0.25) is 9.78 Å². The van der Waals surface area contributed by atoms with Gasteiger partial charge in [0.2, 0.25) is 0 Å². The first-order valence-corrected chi connectivity index (χ1v) is 12.2. The van der Waals surface area contributed by atoms with Crippen LogP contribution in [0.25, 0.3) is 33.6 Å². The predicted molar refractivity (Wildman–Crippen MR) is 141 cm³/mol. The van der Waals surface area contributed by atoms with E-state index >= 15 is 0 Å². The summed E-state index contributed by atoms with van der Waals surface area (Å²) in [5.41, 5.74) is 4.65. The summed E-state index contributed by atoms with van der Waals surface area (Å²) in [6.45, 7) is 1.83. The van der Waals surface area contributed by atoms with E-state index in [9.17, 15) is 10.1 Å². The fraction of sp³-hybridized carbons (Fsp3) is 0.276. The average Bonchev–Trinajstić information content (AvgIpc) is 3.37. The van der Waals surface area contributed by atoms with Crippen LogP contribution in [-0.2, 0) is 0 Å². The number of piperidine rings is 1. The average molecular weight is 497 g/mol. The first-order valence-electron chi connectivity index (χ1n) is 12.2. The largest absolute Gasteiger partial charge is 0.496 e. The van der Waals surface area contributed by atoms with Crippen LogP contribution in [0.1, 0.15) is 28.8 Å². The van der Waals surface area contributed by atoms with Crippen LogP contribution in [0.4, 0.5) is 0 Å². The lowest BCUT2D eigenvalue weighted by Gasteiger charge is -2.24. The van der Waals surface area contributed by atoms with Gasteiger partial charge in [-0.25, -0.2) is 0 Å². The highest BCUT2D eigenvalue weighted by molar-refractivity contribution is 5.96. The van der Waals surface area contributed by atoms with E-state index < -0.39 is 0 Å². The zero-order chi connectivity index (χ0) is 25.9. The van der Waals surface area contributed by atoms with Gasteiger partial charge in [0, 0.05) is 37.5 Å². The number of pyridine rings is 1. The molecule has 188 valence electrons. The van der Waals surface area contributed by atoms with Crippen molar-refractivity contribution in [2.45, 2.75) is 18.9 Å². The maximum Gasteiger partial charge on any atom is 0.253 e. The molecule has 0 radical (unpaired) electrons. The molecule has 0 saturated carbocycles. The van der Waals surface area contributed by atoms with Gasteiger partial charge in [0.1, 0.15) is 34.9 Å². The number of methoxy groups -OCH3 is 1. The molecular formula is C29H28N4O4. The Labute approximate surface area is 215 Å². The minimum Gasteiger partial charge on any atom is -0.496 e. The lowest BCUT2D eigenvalue weighted by molar-refractivity contribution is 0.0827.